The highest BCUT2D eigenvalue weighted by Crippen LogP contribution is 2.31. The minimum atomic E-state index is -0.427. The molecule has 0 aromatic heterocycles. The van der Waals surface area contributed by atoms with Gasteiger partial charge in [0.2, 0.25) is 0 Å². The van der Waals surface area contributed by atoms with Crippen LogP contribution in [0.15, 0.2) is 0 Å². The van der Waals surface area contributed by atoms with Gasteiger partial charge in [-0.05, 0) is 27.2 Å². The molecule has 2 bridgehead atoms. The summed E-state index contributed by atoms with van der Waals surface area (Å²) in [6.45, 7) is 8.16. The monoisotopic (exact) mass is 242 g/mol. The van der Waals surface area contributed by atoms with Crippen molar-refractivity contribution in [1.29, 1.82) is 0 Å². The van der Waals surface area contributed by atoms with Crippen molar-refractivity contribution in [2.24, 2.45) is 0 Å². The van der Waals surface area contributed by atoms with E-state index in [2.05, 4.69) is 4.90 Å². The summed E-state index contributed by atoms with van der Waals surface area (Å²) in [5, 5.41) is 8.94. The summed E-state index contributed by atoms with van der Waals surface area (Å²) in [5.74, 6) is 0. The number of hydrogen-bond donors (Lipinski definition) is 1. The molecule has 5 heteroatoms. The van der Waals surface area contributed by atoms with Crippen molar-refractivity contribution >= 4 is 6.09 Å². The second-order valence-corrected chi connectivity index (χ2v) is 5.89. The fourth-order valence-electron chi connectivity index (χ4n) is 2.70. The largest absolute Gasteiger partial charge is 0.444 e. The molecule has 0 aliphatic carbocycles. The number of aliphatic hydroxyl groups is 1. The third-order valence-electron chi connectivity index (χ3n) is 3.37. The lowest BCUT2D eigenvalue weighted by atomic mass is 10.2. The molecule has 2 fully saturated rings. The second-order valence-electron chi connectivity index (χ2n) is 5.89. The Bertz CT molecular complexity index is 301. The van der Waals surface area contributed by atoms with Gasteiger partial charge in [0, 0.05) is 31.7 Å². The average Bonchev–Trinajstić information content (AvgIpc) is 2.74. The number of ether oxygens (including phenoxy) is 1. The van der Waals surface area contributed by atoms with Crippen molar-refractivity contribution in [3.8, 4) is 0 Å². The summed E-state index contributed by atoms with van der Waals surface area (Å²) in [6.07, 6.45) is 0.813. The van der Waals surface area contributed by atoms with Crippen molar-refractivity contribution in [3.05, 3.63) is 0 Å². The molecular weight excluding hydrogens is 220 g/mol. The Labute approximate surface area is 102 Å². The van der Waals surface area contributed by atoms with Crippen LogP contribution in [0.1, 0.15) is 27.2 Å². The number of aliphatic hydroxyl groups excluding tert-OH is 1. The highest BCUT2D eigenvalue weighted by Gasteiger charge is 2.45. The lowest BCUT2D eigenvalue weighted by Gasteiger charge is -2.34. The molecule has 17 heavy (non-hydrogen) atoms. The molecule has 5 nitrogen and oxygen atoms in total. The van der Waals surface area contributed by atoms with Crippen molar-refractivity contribution in [2.75, 3.05) is 26.2 Å². The second kappa shape index (κ2) is 4.46. The van der Waals surface area contributed by atoms with Crippen LogP contribution in [0.25, 0.3) is 0 Å². The Balaban J connectivity index is 1.89. The van der Waals surface area contributed by atoms with Gasteiger partial charge in [0.1, 0.15) is 5.60 Å². The number of rotatable bonds is 2. The van der Waals surface area contributed by atoms with Crippen LogP contribution in [0.5, 0.6) is 0 Å². The van der Waals surface area contributed by atoms with Crippen LogP contribution in [0.2, 0.25) is 0 Å². The van der Waals surface area contributed by atoms with Crippen LogP contribution in [0, 0.1) is 0 Å². The molecule has 98 valence electrons. The number of carbonyl (C=O) groups is 1. The third kappa shape index (κ3) is 2.72. The summed E-state index contributed by atoms with van der Waals surface area (Å²) in [7, 11) is 0. The SMILES string of the molecule is CC(C)(C)OC(=O)N1C[C@H]2C[C@@H]1CN2CCO. The zero-order chi connectivity index (χ0) is 12.6. The highest BCUT2D eigenvalue weighted by atomic mass is 16.6. The van der Waals surface area contributed by atoms with Crippen LogP contribution in [-0.4, -0.2) is 64.9 Å². The van der Waals surface area contributed by atoms with E-state index in [1.807, 2.05) is 25.7 Å². The smallest absolute Gasteiger partial charge is 0.410 e. The van der Waals surface area contributed by atoms with Gasteiger partial charge >= 0.3 is 6.09 Å². The first-order valence-corrected chi connectivity index (χ1v) is 6.25. The van der Waals surface area contributed by atoms with Gasteiger partial charge < -0.3 is 14.7 Å². The number of piperazine rings is 1. The molecule has 2 heterocycles. The molecule has 2 saturated heterocycles. The topological polar surface area (TPSA) is 53.0 Å². The maximum absolute atomic E-state index is 12.0. The molecule has 2 aliphatic rings. The van der Waals surface area contributed by atoms with Gasteiger partial charge in [-0.2, -0.15) is 0 Å². The van der Waals surface area contributed by atoms with Crippen LogP contribution in [-0.2, 0) is 4.74 Å². The summed E-state index contributed by atoms with van der Waals surface area (Å²) >= 11 is 0. The molecule has 2 aliphatic heterocycles. The van der Waals surface area contributed by atoms with Gasteiger partial charge in [0.25, 0.3) is 0 Å². The van der Waals surface area contributed by atoms with Gasteiger partial charge in [-0.25, -0.2) is 4.79 Å². The van der Waals surface area contributed by atoms with Crippen molar-refractivity contribution in [1.82, 2.24) is 9.80 Å². The number of likely N-dealkylation sites (tertiary alicyclic amines) is 2. The Morgan fingerprint density at radius 2 is 2.06 bits per heavy atom. The van der Waals surface area contributed by atoms with E-state index in [0.717, 1.165) is 19.5 Å². The predicted octanol–water partition coefficient (Wildman–Crippen LogP) is 0.672. The lowest BCUT2D eigenvalue weighted by molar-refractivity contribution is 0.0120. The van der Waals surface area contributed by atoms with E-state index in [4.69, 9.17) is 9.84 Å². The zero-order valence-electron chi connectivity index (χ0n) is 10.8. The standard InChI is InChI=1S/C12H22N2O3/c1-12(2,3)17-11(16)14-8-9-6-10(14)7-13(9)4-5-15/h9-10,15H,4-8H2,1-3H3/t9-,10-/m1/s1. The summed E-state index contributed by atoms with van der Waals surface area (Å²) in [4.78, 5) is 16.0. The first-order chi connectivity index (χ1) is 7.90. The molecule has 0 saturated carbocycles. The van der Waals surface area contributed by atoms with Gasteiger partial charge in [0.05, 0.1) is 6.61 Å². The van der Waals surface area contributed by atoms with E-state index in [1.165, 1.54) is 0 Å². The summed E-state index contributed by atoms with van der Waals surface area (Å²) < 4.78 is 5.39. The number of amides is 1. The first-order valence-electron chi connectivity index (χ1n) is 6.25. The molecule has 0 aromatic carbocycles. The maximum atomic E-state index is 12.0. The van der Waals surface area contributed by atoms with E-state index >= 15 is 0 Å². The Kier molecular flexibility index (Phi) is 3.32. The fraction of sp³-hybridized carbons (Fsp3) is 0.917. The molecule has 0 unspecified atom stereocenters. The van der Waals surface area contributed by atoms with Gasteiger partial charge in [-0.1, -0.05) is 0 Å². The van der Waals surface area contributed by atoms with Crippen molar-refractivity contribution in [3.63, 3.8) is 0 Å². The van der Waals surface area contributed by atoms with Gasteiger partial charge in [-0.3, -0.25) is 4.90 Å². The van der Waals surface area contributed by atoms with Crippen LogP contribution >= 0.6 is 0 Å². The number of hydrogen-bond acceptors (Lipinski definition) is 4. The van der Waals surface area contributed by atoms with Crippen molar-refractivity contribution < 1.29 is 14.6 Å². The minimum Gasteiger partial charge on any atom is -0.444 e. The normalized spacial score (nSPS) is 28.8. The molecule has 2 rings (SSSR count). The van der Waals surface area contributed by atoms with Gasteiger partial charge in [-0.15, -0.1) is 0 Å². The van der Waals surface area contributed by atoms with Crippen LogP contribution in [0.3, 0.4) is 0 Å². The molecule has 2 atom stereocenters. The average molecular weight is 242 g/mol. The van der Waals surface area contributed by atoms with E-state index in [0.29, 0.717) is 12.6 Å². The summed E-state index contributed by atoms with van der Waals surface area (Å²) in [6, 6.07) is 0.668. The third-order valence-corrected chi connectivity index (χ3v) is 3.37. The number of fused-ring (bicyclic) bond motifs is 2. The Morgan fingerprint density at radius 1 is 1.35 bits per heavy atom. The highest BCUT2D eigenvalue weighted by molar-refractivity contribution is 5.69. The molecule has 0 spiro atoms. The Morgan fingerprint density at radius 3 is 2.53 bits per heavy atom. The number of nitrogens with zero attached hydrogens (tertiary/aromatic N) is 2. The molecule has 1 amide bonds. The van der Waals surface area contributed by atoms with E-state index < -0.39 is 5.60 Å². The quantitative estimate of drug-likeness (QED) is 0.773. The summed E-state index contributed by atoms with van der Waals surface area (Å²) in [5.41, 5.74) is -0.427. The Hall–Kier alpha value is -0.810. The van der Waals surface area contributed by atoms with E-state index in [-0.39, 0.29) is 18.7 Å². The molecular formula is C12H22N2O3. The predicted molar refractivity (Wildman–Crippen MR) is 63.8 cm³/mol. The first kappa shape index (κ1) is 12.6. The molecule has 0 radical (unpaired) electrons. The molecule has 0 aromatic rings. The maximum Gasteiger partial charge on any atom is 0.410 e. The van der Waals surface area contributed by atoms with Crippen LogP contribution < -0.4 is 0 Å². The van der Waals surface area contributed by atoms with E-state index in [9.17, 15) is 4.79 Å². The van der Waals surface area contributed by atoms with E-state index in [1.54, 1.807) is 0 Å². The number of β-amino-alcohol motifs (C(OH)–C–C–N with tert-alkyl or cyclic N) is 1. The van der Waals surface area contributed by atoms with Crippen molar-refractivity contribution in [2.45, 2.75) is 44.9 Å². The minimum absolute atomic E-state index is 0.190. The molecule has 1 N–H and O–H groups in total. The van der Waals surface area contributed by atoms with Gasteiger partial charge in [0.15, 0.2) is 0 Å². The lowest BCUT2D eigenvalue weighted by Crippen LogP contribution is -2.50. The number of carbonyl (C=O) groups excluding carboxylic acids is 1. The zero-order valence-corrected chi connectivity index (χ0v) is 10.8. The van der Waals surface area contributed by atoms with Crippen LogP contribution in [0.4, 0.5) is 4.79 Å². The fourth-order valence-corrected chi connectivity index (χ4v) is 2.70.